The average Bonchev–Trinajstić information content (AvgIpc) is 2.01. The summed E-state index contributed by atoms with van der Waals surface area (Å²) in [4.78, 5) is 11.6. The van der Waals surface area contributed by atoms with Gasteiger partial charge < -0.3 is 10.1 Å². The number of hydrogen-bond acceptors (Lipinski definition) is 3. The predicted octanol–water partition coefficient (Wildman–Crippen LogP) is 2.23. The Morgan fingerprint density at radius 2 is 1.86 bits per heavy atom. The van der Waals surface area contributed by atoms with Crippen LogP contribution in [0.15, 0.2) is 11.3 Å². The molecule has 0 radical (unpaired) electrons. The van der Waals surface area contributed by atoms with Gasteiger partial charge in [-0.15, -0.1) is 0 Å². The molecule has 0 rings (SSSR count). The summed E-state index contributed by atoms with van der Waals surface area (Å²) >= 11 is 0. The molecule has 0 aromatic carbocycles. The van der Waals surface area contributed by atoms with Crippen molar-refractivity contribution in [2.24, 2.45) is 0 Å². The standard InChI is InChI=1S/C11H21NO2/c1-7-8(2)9(12-6)10(13)14-11(3,4)5/h12H,7H2,1-6H3/b9-8-. The molecule has 0 amide bonds. The van der Waals surface area contributed by atoms with Crippen molar-refractivity contribution in [1.29, 1.82) is 0 Å². The Labute approximate surface area is 86.5 Å². The summed E-state index contributed by atoms with van der Waals surface area (Å²) in [6, 6.07) is 0. The van der Waals surface area contributed by atoms with Crippen molar-refractivity contribution in [3.63, 3.8) is 0 Å². The molecule has 14 heavy (non-hydrogen) atoms. The van der Waals surface area contributed by atoms with E-state index in [9.17, 15) is 4.79 Å². The van der Waals surface area contributed by atoms with Crippen LogP contribution in [0.1, 0.15) is 41.0 Å². The van der Waals surface area contributed by atoms with Crippen molar-refractivity contribution in [3.8, 4) is 0 Å². The Balaban J connectivity index is 4.66. The second kappa shape index (κ2) is 5.03. The van der Waals surface area contributed by atoms with Crippen molar-refractivity contribution in [2.45, 2.75) is 46.6 Å². The van der Waals surface area contributed by atoms with Crippen LogP contribution >= 0.6 is 0 Å². The van der Waals surface area contributed by atoms with Gasteiger partial charge in [-0.1, -0.05) is 6.92 Å². The number of allylic oxidation sites excluding steroid dienone is 1. The van der Waals surface area contributed by atoms with Crippen molar-refractivity contribution in [2.75, 3.05) is 7.05 Å². The van der Waals surface area contributed by atoms with Gasteiger partial charge in [0, 0.05) is 7.05 Å². The fourth-order valence-corrected chi connectivity index (χ4v) is 0.996. The maximum absolute atomic E-state index is 11.6. The highest BCUT2D eigenvalue weighted by molar-refractivity contribution is 5.88. The molecule has 0 aromatic rings. The maximum Gasteiger partial charge on any atom is 0.354 e. The summed E-state index contributed by atoms with van der Waals surface area (Å²) in [6.45, 7) is 9.52. The van der Waals surface area contributed by atoms with E-state index in [4.69, 9.17) is 4.74 Å². The Kier molecular flexibility index (Phi) is 4.68. The Morgan fingerprint density at radius 1 is 1.36 bits per heavy atom. The third kappa shape index (κ3) is 4.30. The van der Waals surface area contributed by atoms with E-state index in [0.29, 0.717) is 5.70 Å². The molecule has 82 valence electrons. The second-order valence-corrected chi connectivity index (χ2v) is 4.26. The van der Waals surface area contributed by atoms with Gasteiger partial charge in [-0.05, 0) is 39.7 Å². The zero-order valence-corrected chi connectivity index (χ0v) is 10.0. The van der Waals surface area contributed by atoms with Crippen molar-refractivity contribution < 1.29 is 9.53 Å². The normalized spacial score (nSPS) is 13.3. The van der Waals surface area contributed by atoms with Gasteiger partial charge in [-0.3, -0.25) is 0 Å². The fourth-order valence-electron chi connectivity index (χ4n) is 0.996. The van der Waals surface area contributed by atoms with Crippen LogP contribution in [0, 0.1) is 0 Å². The zero-order valence-electron chi connectivity index (χ0n) is 10.0. The summed E-state index contributed by atoms with van der Waals surface area (Å²) in [6.07, 6.45) is 0.843. The van der Waals surface area contributed by atoms with Crippen LogP contribution in [0.4, 0.5) is 0 Å². The molecule has 0 aliphatic heterocycles. The summed E-state index contributed by atoms with van der Waals surface area (Å²) in [5.41, 5.74) is 1.15. The monoisotopic (exact) mass is 199 g/mol. The summed E-state index contributed by atoms with van der Waals surface area (Å²) in [5.74, 6) is -0.278. The minimum Gasteiger partial charge on any atom is -0.455 e. The summed E-state index contributed by atoms with van der Waals surface area (Å²) < 4.78 is 5.25. The second-order valence-electron chi connectivity index (χ2n) is 4.26. The number of hydrogen-bond donors (Lipinski definition) is 1. The minimum absolute atomic E-state index is 0.278. The number of carbonyl (C=O) groups excluding carboxylic acids is 1. The van der Waals surface area contributed by atoms with E-state index in [1.165, 1.54) is 0 Å². The summed E-state index contributed by atoms with van der Waals surface area (Å²) in [5, 5.41) is 2.88. The minimum atomic E-state index is -0.437. The van der Waals surface area contributed by atoms with Gasteiger partial charge in [0.1, 0.15) is 11.3 Å². The summed E-state index contributed by atoms with van der Waals surface area (Å²) in [7, 11) is 1.73. The first-order valence-corrected chi connectivity index (χ1v) is 4.92. The smallest absolute Gasteiger partial charge is 0.354 e. The lowest BCUT2D eigenvalue weighted by molar-refractivity contribution is -0.150. The third-order valence-electron chi connectivity index (χ3n) is 1.81. The molecule has 1 N–H and O–H groups in total. The molecule has 0 aromatic heterocycles. The molecule has 0 aliphatic carbocycles. The number of rotatable bonds is 3. The molecule has 0 aliphatic rings. The molecule has 0 unspecified atom stereocenters. The van der Waals surface area contributed by atoms with E-state index in [0.717, 1.165) is 12.0 Å². The lowest BCUT2D eigenvalue weighted by atomic mass is 10.1. The first-order chi connectivity index (χ1) is 6.31. The fraction of sp³-hybridized carbons (Fsp3) is 0.727. The molecule has 0 bridgehead atoms. The van der Waals surface area contributed by atoms with Gasteiger partial charge in [0.25, 0.3) is 0 Å². The molecule has 0 fully saturated rings. The van der Waals surface area contributed by atoms with Gasteiger partial charge in [-0.25, -0.2) is 4.79 Å². The van der Waals surface area contributed by atoms with Crippen LogP contribution in [0.2, 0.25) is 0 Å². The van der Waals surface area contributed by atoms with E-state index in [2.05, 4.69) is 5.32 Å². The van der Waals surface area contributed by atoms with Crippen LogP contribution in [0.5, 0.6) is 0 Å². The van der Waals surface area contributed by atoms with Gasteiger partial charge >= 0.3 is 5.97 Å². The van der Waals surface area contributed by atoms with Gasteiger partial charge in [0.05, 0.1) is 0 Å². The average molecular weight is 199 g/mol. The van der Waals surface area contributed by atoms with E-state index in [1.807, 2.05) is 34.6 Å². The molecular weight excluding hydrogens is 178 g/mol. The number of nitrogens with one attached hydrogen (secondary N) is 1. The molecule has 0 spiro atoms. The highest BCUT2D eigenvalue weighted by Crippen LogP contribution is 2.13. The highest BCUT2D eigenvalue weighted by Gasteiger charge is 2.20. The topological polar surface area (TPSA) is 38.3 Å². The van der Waals surface area contributed by atoms with Gasteiger partial charge in [0.2, 0.25) is 0 Å². The number of likely N-dealkylation sites (N-methyl/N-ethyl adjacent to an activating group) is 1. The third-order valence-corrected chi connectivity index (χ3v) is 1.81. The van der Waals surface area contributed by atoms with Crippen molar-refractivity contribution >= 4 is 5.97 Å². The Hall–Kier alpha value is -0.990. The number of ether oxygens (including phenoxy) is 1. The number of esters is 1. The Morgan fingerprint density at radius 3 is 2.14 bits per heavy atom. The van der Waals surface area contributed by atoms with Crippen LogP contribution in [-0.4, -0.2) is 18.6 Å². The maximum atomic E-state index is 11.6. The van der Waals surface area contributed by atoms with Crippen molar-refractivity contribution in [3.05, 3.63) is 11.3 Å². The van der Waals surface area contributed by atoms with E-state index in [1.54, 1.807) is 7.05 Å². The molecule has 3 nitrogen and oxygen atoms in total. The van der Waals surface area contributed by atoms with E-state index in [-0.39, 0.29) is 5.97 Å². The predicted molar refractivity (Wildman–Crippen MR) is 57.9 cm³/mol. The quantitative estimate of drug-likeness (QED) is 0.559. The van der Waals surface area contributed by atoms with Crippen LogP contribution in [0.25, 0.3) is 0 Å². The van der Waals surface area contributed by atoms with Crippen LogP contribution in [0.3, 0.4) is 0 Å². The number of carbonyl (C=O) groups is 1. The largest absolute Gasteiger partial charge is 0.455 e. The lowest BCUT2D eigenvalue weighted by Gasteiger charge is -2.21. The molecular formula is C11H21NO2. The van der Waals surface area contributed by atoms with Gasteiger partial charge in [0.15, 0.2) is 0 Å². The molecule has 0 heterocycles. The van der Waals surface area contributed by atoms with Crippen LogP contribution in [-0.2, 0) is 9.53 Å². The van der Waals surface area contributed by atoms with E-state index < -0.39 is 5.60 Å². The molecule has 0 saturated heterocycles. The Bertz CT molecular complexity index is 236. The molecule has 0 atom stereocenters. The first kappa shape index (κ1) is 13.0. The lowest BCUT2D eigenvalue weighted by Crippen LogP contribution is -2.29. The van der Waals surface area contributed by atoms with Crippen LogP contribution < -0.4 is 5.32 Å². The van der Waals surface area contributed by atoms with Crippen molar-refractivity contribution in [1.82, 2.24) is 5.32 Å². The highest BCUT2D eigenvalue weighted by atomic mass is 16.6. The van der Waals surface area contributed by atoms with E-state index >= 15 is 0 Å². The molecule has 3 heteroatoms. The SMILES string of the molecule is CC/C(C)=C(\NC)C(=O)OC(C)(C)C. The van der Waals surface area contributed by atoms with Gasteiger partial charge in [-0.2, -0.15) is 0 Å². The zero-order chi connectivity index (χ0) is 11.4. The molecule has 0 saturated carbocycles. The first-order valence-electron chi connectivity index (χ1n) is 4.92.